The molecule has 1 heterocycles. The standard InChI is InChI=1S/C14H9ClO2S/c15-12-7-5-10(6-8-12)14-13-4-2-1-3-11(13)9-18(14,16)17/h1-9H. The first kappa shape index (κ1) is 11.5. The Kier molecular flexibility index (Phi) is 2.54. The van der Waals surface area contributed by atoms with Gasteiger partial charge in [-0.25, -0.2) is 8.42 Å². The quantitative estimate of drug-likeness (QED) is 0.794. The summed E-state index contributed by atoms with van der Waals surface area (Å²) in [6.07, 6.45) is 0. The van der Waals surface area contributed by atoms with E-state index in [-0.39, 0.29) is 0 Å². The lowest BCUT2D eigenvalue weighted by molar-refractivity contribution is 0.616. The molecule has 2 aromatic carbocycles. The molecule has 0 spiro atoms. The van der Waals surface area contributed by atoms with E-state index in [2.05, 4.69) is 0 Å². The van der Waals surface area contributed by atoms with Crippen molar-refractivity contribution in [3.8, 4) is 0 Å². The summed E-state index contributed by atoms with van der Waals surface area (Å²) >= 11 is 5.82. The summed E-state index contributed by atoms with van der Waals surface area (Å²) in [6.45, 7) is 0. The van der Waals surface area contributed by atoms with E-state index in [0.29, 0.717) is 15.5 Å². The molecule has 0 N–H and O–H groups in total. The Morgan fingerprint density at radius 3 is 2.28 bits per heavy atom. The van der Waals surface area contributed by atoms with Crippen LogP contribution < -0.4 is 10.4 Å². The van der Waals surface area contributed by atoms with Crippen molar-refractivity contribution in [3.63, 3.8) is 0 Å². The van der Waals surface area contributed by atoms with Crippen LogP contribution in [0.25, 0.3) is 10.3 Å². The van der Waals surface area contributed by atoms with E-state index < -0.39 is 9.84 Å². The van der Waals surface area contributed by atoms with E-state index >= 15 is 0 Å². The van der Waals surface area contributed by atoms with Crippen LogP contribution in [0.2, 0.25) is 5.02 Å². The molecule has 18 heavy (non-hydrogen) atoms. The highest BCUT2D eigenvalue weighted by Crippen LogP contribution is 2.23. The van der Waals surface area contributed by atoms with Crippen LogP contribution in [-0.2, 0) is 9.84 Å². The molecular weight excluding hydrogens is 268 g/mol. The molecule has 90 valence electrons. The van der Waals surface area contributed by atoms with Crippen LogP contribution in [-0.4, -0.2) is 8.42 Å². The maximum Gasteiger partial charge on any atom is 0.201 e. The molecule has 0 bridgehead atoms. The normalized spacial score (nSPS) is 16.2. The Morgan fingerprint density at radius 2 is 1.56 bits per heavy atom. The molecule has 1 aliphatic rings. The van der Waals surface area contributed by atoms with Gasteiger partial charge >= 0.3 is 0 Å². The third-order valence-electron chi connectivity index (χ3n) is 2.88. The molecule has 0 amide bonds. The second kappa shape index (κ2) is 3.97. The third-order valence-corrected chi connectivity index (χ3v) is 4.72. The summed E-state index contributed by atoms with van der Waals surface area (Å²) in [5, 5.41) is 3.39. The molecule has 2 aromatic rings. The number of rotatable bonds is 1. The van der Waals surface area contributed by atoms with Crippen molar-refractivity contribution in [2.75, 3.05) is 0 Å². The highest BCUT2D eigenvalue weighted by molar-refractivity contribution is 8.07. The lowest BCUT2D eigenvalue weighted by Crippen LogP contribution is -2.22. The second-order valence-electron chi connectivity index (χ2n) is 4.09. The van der Waals surface area contributed by atoms with Gasteiger partial charge < -0.3 is 0 Å². The Morgan fingerprint density at radius 1 is 0.889 bits per heavy atom. The van der Waals surface area contributed by atoms with Gasteiger partial charge in [0.05, 0.1) is 4.91 Å². The summed E-state index contributed by atoms with van der Waals surface area (Å²) in [4.78, 5) is 0.356. The molecule has 1 aliphatic heterocycles. The van der Waals surface area contributed by atoms with Crippen LogP contribution in [0.3, 0.4) is 0 Å². The van der Waals surface area contributed by atoms with Crippen LogP contribution in [0.15, 0.2) is 48.5 Å². The number of fused-ring (bicyclic) bond motifs is 1. The molecule has 0 radical (unpaired) electrons. The second-order valence-corrected chi connectivity index (χ2v) is 6.26. The molecule has 0 unspecified atom stereocenters. The lowest BCUT2D eigenvalue weighted by Gasteiger charge is -2.02. The van der Waals surface area contributed by atoms with Crippen molar-refractivity contribution < 1.29 is 8.42 Å². The van der Waals surface area contributed by atoms with Gasteiger partial charge in [0.2, 0.25) is 9.84 Å². The summed E-state index contributed by atoms with van der Waals surface area (Å²) in [6, 6.07) is 14.1. The first-order chi connectivity index (χ1) is 8.58. The maximum atomic E-state index is 12.2. The van der Waals surface area contributed by atoms with Crippen molar-refractivity contribution >= 4 is 31.8 Å². The molecule has 0 fully saturated rings. The summed E-state index contributed by atoms with van der Waals surface area (Å²) in [7, 11) is -3.36. The van der Waals surface area contributed by atoms with E-state index in [0.717, 1.165) is 10.4 Å². The van der Waals surface area contributed by atoms with Gasteiger partial charge in [-0.05, 0) is 22.9 Å². The predicted molar refractivity (Wildman–Crippen MR) is 73.0 cm³/mol. The van der Waals surface area contributed by atoms with Crippen molar-refractivity contribution in [2.45, 2.75) is 0 Å². The minimum absolute atomic E-state index is 0.356. The number of sulfone groups is 1. The van der Waals surface area contributed by atoms with E-state index in [1.165, 1.54) is 5.41 Å². The van der Waals surface area contributed by atoms with Crippen LogP contribution >= 0.6 is 11.6 Å². The van der Waals surface area contributed by atoms with Crippen molar-refractivity contribution in [2.24, 2.45) is 0 Å². The monoisotopic (exact) mass is 276 g/mol. The fourth-order valence-electron chi connectivity index (χ4n) is 2.11. The van der Waals surface area contributed by atoms with Gasteiger partial charge in [-0.3, -0.25) is 0 Å². The van der Waals surface area contributed by atoms with Gasteiger partial charge in [0.15, 0.2) is 0 Å². The van der Waals surface area contributed by atoms with Gasteiger partial charge in [-0.1, -0.05) is 48.0 Å². The fraction of sp³-hybridized carbons (Fsp3) is 0. The van der Waals surface area contributed by atoms with Crippen LogP contribution in [0.4, 0.5) is 0 Å². The molecule has 0 aromatic heterocycles. The van der Waals surface area contributed by atoms with E-state index in [1.54, 1.807) is 30.3 Å². The third kappa shape index (κ3) is 1.76. The molecule has 0 saturated heterocycles. The molecular formula is C14H9ClO2S. The number of benzene rings is 2. The van der Waals surface area contributed by atoms with Crippen LogP contribution in [0, 0.1) is 0 Å². The summed E-state index contributed by atoms with van der Waals surface area (Å²) in [5.41, 5.74) is 0.667. The molecule has 0 aliphatic carbocycles. The Labute approximate surface area is 110 Å². The highest BCUT2D eigenvalue weighted by Gasteiger charge is 2.22. The molecule has 0 atom stereocenters. The Balaban J connectivity index is 2.42. The molecule has 3 rings (SSSR count). The first-order valence-electron chi connectivity index (χ1n) is 5.40. The van der Waals surface area contributed by atoms with E-state index in [4.69, 9.17) is 11.6 Å². The van der Waals surface area contributed by atoms with E-state index in [9.17, 15) is 8.42 Å². The molecule has 0 saturated carbocycles. The Hall–Kier alpha value is -1.58. The SMILES string of the molecule is O=S1(=O)C=c2ccccc2=C1c1ccc(Cl)cc1. The number of halogens is 1. The maximum absolute atomic E-state index is 12.2. The minimum Gasteiger partial charge on any atom is -0.219 e. The van der Waals surface area contributed by atoms with Crippen molar-refractivity contribution in [3.05, 3.63) is 69.6 Å². The van der Waals surface area contributed by atoms with Gasteiger partial charge in [0.25, 0.3) is 0 Å². The zero-order chi connectivity index (χ0) is 12.8. The topological polar surface area (TPSA) is 34.1 Å². The predicted octanol–water partition coefficient (Wildman–Crippen LogP) is 1.66. The van der Waals surface area contributed by atoms with Crippen molar-refractivity contribution in [1.29, 1.82) is 0 Å². The zero-order valence-electron chi connectivity index (χ0n) is 9.30. The largest absolute Gasteiger partial charge is 0.219 e. The Bertz CT molecular complexity index is 834. The average Bonchev–Trinajstić information content (AvgIpc) is 2.60. The number of hydrogen-bond acceptors (Lipinski definition) is 2. The minimum atomic E-state index is -3.36. The van der Waals surface area contributed by atoms with Gasteiger partial charge in [0, 0.05) is 15.6 Å². The summed E-state index contributed by atoms with van der Waals surface area (Å²) in [5.74, 6) is 0. The highest BCUT2D eigenvalue weighted by atomic mass is 35.5. The molecule has 2 nitrogen and oxygen atoms in total. The average molecular weight is 277 g/mol. The van der Waals surface area contributed by atoms with Gasteiger partial charge in [0.1, 0.15) is 0 Å². The van der Waals surface area contributed by atoms with E-state index in [1.807, 2.05) is 18.2 Å². The van der Waals surface area contributed by atoms with Gasteiger partial charge in [-0.15, -0.1) is 0 Å². The van der Waals surface area contributed by atoms with Gasteiger partial charge in [-0.2, -0.15) is 0 Å². The zero-order valence-corrected chi connectivity index (χ0v) is 10.9. The van der Waals surface area contributed by atoms with Crippen LogP contribution in [0.5, 0.6) is 0 Å². The number of hydrogen-bond donors (Lipinski definition) is 0. The molecule has 4 heteroatoms. The fourth-order valence-corrected chi connectivity index (χ4v) is 3.85. The van der Waals surface area contributed by atoms with Crippen LogP contribution in [0.1, 0.15) is 5.56 Å². The smallest absolute Gasteiger partial charge is 0.201 e. The van der Waals surface area contributed by atoms with Crippen molar-refractivity contribution in [1.82, 2.24) is 0 Å². The lowest BCUT2D eigenvalue weighted by atomic mass is 10.1. The first-order valence-corrected chi connectivity index (χ1v) is 7.32. The summed E-state index contributed by atoms with van der Waals surface area (Å²) < 4.78 is 24.4.